The Labute approximate surface area is 175 Å². The minimum atomic E-state index is 0.0348. The van der Waals surface area contributed by atoms with Crippen molar-refractivity contribution < 1.29 is 8.66 Å². The van der Waals surface area contributed by atoms with Crippen LogP contribution < -0.4 is 20.1 Å². The minimum absolute atomic E-state index is 0.0348. The molecule has 0 spiro atoms. The average Bonchev–Trinajstić information content (AvgIpc) is 3.20. The van der Waals surface area contributed by atoms with Crippen LogP contribution in [-0.4, -0.2) is 0 Å². The van der Waals surface area contributed by atoms with Crippen LogP contribution in [0.2, 0.25) is 0 Å². The first-order valence-corrected chi connectivity index (χ1v) is 10.1. The zero-order valence-corrected chi connectivity index (χ0v) is 17.5. The minimum Gasteiger partial charge on any atom is -0.661 e. The molecule has 0 saturated heterocycles. The van der Waals surface area contributed by atoms with Crippen LogP contribution in [0.15, 0.2) is 71.5 Å². The number of pyridine rings is 1. The Balaban J connectivity index is 1.76. The molecular formula is C27H24N2O. The van der Waals surface area contributed by atoms with E-state index in [4.69, 9.17) is 4.42 Å². The third-order valence-corrected chi connectivity index (χ3v) is 5.64. The van der Waals surface area contributed by atoms with Crippen molar-refractivity contribution >= 4 is 28.7 Å². The van der Waals surface area contributed by atoms with E-state index >= 15 is 0 Å². The summed E-state index contributed by atoms with van der Waals surface area (Å²) < 4.78 is 7.36. The molecule has 2 aromatic carbocycles. The van der Waals surface area contributed by atoms with E-state index in [1.54, 1.807) is 12.5 Å². The molecule has 0 amide bonds. The monoisotopic (exact) mass is 392 g/mol. The molecule has 0 unspecified atom stereocenters. The molecule has 3 heterocycles. The van der Waals surface area contributed by atoms with E-state index in [2.05, 4.69) is 87.4 Å². The normalized spacial score (nSPS) is 15.2. The largest absolute Gasteiger partial charge is 0.661 e. The number of rotatable bonds is 1. The second-order valence-electron chi connectivity index (χ2n) is 8.79. The summed E-state index contributed by atoms with van der Waals surface area (Å²) in [4.78, 5) is 0. The number of hydrogen-bond acceptors (Lipinski definition) is 1. The molecule has 1 aliphatic rings. The van der Waals surface area contributed by atoms with Crippen molar-refractivity contribution in [1.82, 2.24) is 0 Å². The van der Waals surface area contributed by atoms with E-state index in [9.17, 15) is 0 Å². The molecule has 0 aliphatic carbocycles. The maximum absolute atomic E-state index is 5.43. The van der Waals surface area contributed by atoms with Crippen molar-refractivity contribution in [3.63, 3.8) is 0 Å². The Morgan fingerprint density at radius 3 is 2.67 bits per heavy atom. The van der Waals surface area contributed by atoms with Gasteiger partial charge < -0.3 is 9.73 Å². The Kier molecular flexibility index (Phi) is 4.14. The van der Waals surface area contributed by atoms with Gasteiger partial charge in [-0.25, -0.2) is 0 Å². The van der Waals surface area contributed by atoms with Gasteiger partial charge in [0.05, 0.1) is 6.26 Å². The number of furan rings is 1. The number of hydrogen-bond donors (Lipinski definition) is 0. The van der Waals surface area contributed by atoms with Gasteiger partial charge in [0.2, 0.25) is 5.69 Å². The number of benzene rings is 2. The second kappa shape index (κ2) is 6.74. The molecule has 1 aliphatic heterocycles. The van der Waals surface area contributed by atoms with Crippen LogP contribution >= 0.6 is 0 Å². The van der Waals surface area contributed by atoms with Gasteiger partial charge in [-0.3, -0.25) is 0 Å². The summed E-state index contributed by atoms with van der Waals surface area (Å²) in [6, 6.07) is 19.3. The fourth-order valence-electron chi connectivity index (χ4n) is 4.04. The van der Waals surface area contributed by atoms with Crippen LogP contribution in [-0.2, 0) is 5.41 Å². The lowest BCUT2D eigenvalue weighted by atomic mass is 9.82. The van der Waals surface area contributed by atoms with E-state index in [1.165, 1.54) is 16.3 Å². The molecule has 0 atom stereocenters. The molecule has 3 nitrogen and oxygen atoms in total. The molecule has 0 saturated carbocycles. The van der Waals surface area contributed by atoms with Crippen molar-refractivity contribution in [2.75, 3.05) is 0 Å². The van der Waals surface area contributed by atoms with Gasteiger partial charge in [0.15, 0.2) is 6.20 Å². The Morgan fingerprint density at radius 1 is 1.00 bits per heavy atom. The van der Waals surface area contributed by atoms with E-state index in [0.29, 0.717) is 0 Å². The fourth-order valence-corrected chi connectivity index (χ4v) is 4.04. The summed E-state index contributed by atoms with van der Waals surface area (Å²) in [5, 5.41) is 9.24. The first-order chi connectivity index (χ1) is 14.4. The maximum Gasteiger partial charge on any atom is 0.217 e. The van der Waals surface area contributed by atoms with Gasteiger partial charge in [0.1, 0.15) is 12.1 Å². The maximum atomic E-state index is 5.43. The number of nitrogens with zero attached hydrogens (tertiary/aromatic N) is 2. The first kappa shape index (κ1) is 18.4. The van der Waals surface area contributed by atoms with E-state index < -0.39 is 0 Å². The molecule has 30 heavy (non-hydrogen) atoms. The highest BCUT2D eigenvalue weighted by molar-refractivity contribution is 5.91. The van der Waals surface area contributed by atoms with Crippen molar-refractivity contribution in [3.05, 3.63) is 101 Å². The highest BCUT2D eigenvalue weighted by atomic mass is 16.3. The lowest BCUT2D eigenvalue weighted by Crippen LogP contribution is -2.25. The second-order valence-corrected chi connectivity index (χ2v) is 8.79. The van der Waals surface area contributed by atoms with Gasteiger partial charge in [-0.2, -0.15) is 4.24 Å². The molecule has 0 fully saturated rings. The molecule has 148 valence electrons. The zero-order chi connectivity index (χ0) is 20.9. The molecule has 2 aromatic heterocycles. The third kappa shape index (κ3) is 3.13. The molecule has 3 heteroatoms. The van der Waals surface area contributed by atoms with Crippen LogP contribution in [0.5, 0.6) is 0 Å². The molecule has 0 bridgehead atoms. The van der Waals surface area contributed by atoms with Crippen molar-refractivity contribution in [2.24, 2.45) is 0 Å². The topological polar surface area (TPSA) is 33.1 Å². The van der Waals surface area contributed by atoms with E-state index in [0.717, 1.165) is 32.8 Å². The Hall–Kier alpha value is -3.59. The van der Waals surface area contributed by atoms with Gasteiger partial charge in [-0.05, 0) is 45.2 Å². The summed E-state index contributed by atoms with van der Waals surface area (Å²) >= 11 is 0. The molecule has 4 aromatic rings. The third-order valence-electron chi connectivity index (χ3n) is 5.64. The highest BCUT2D eigenvalue weighted by Crippen LogP contribution is 2.33. The van der Waals surface area contributed by atoms with Gasteiger partial charge >= 0.3 is 0 Å². The Morgan fingerprint density at radius 2 is 1.83 bits per heavy atom. The summed E-state index contributed by atoms with van der Waals surface area (Å²) in [5.41, 5.74) is 5.29. The molecule has 0 N–H and O–H groups in total. The molecule has 5 rings (SSSR count). The van der Waals surface area contributed by atoms with Crippen LogP contribution in [0.1, 0.15) is 26.3 Å². The van der Waals surface area contributed by atoms with Crippen molar-refractivity contribution in [1.29, 1.82) is 0 Å². The van der Waals surface area contributed by atoms with E-state index in [1.807, 2.05) is 16.5 Å². The quantitative estimate of drug-likeness (QED) is 0.450. The van der Waals surface area contributed by atoms with Crippen molar-refractivity contribution in [2.45, 2.75) is 26.2 Å². The zero-order valence-electron chi connectivity index (χ0n) is 17.5. The lowest BCUT2D eigenvalue weighted by molar-refractivity contribution is -0.486. The van der Waals surface area contributed by atoms with E-state index in [-0.39, 0.29) is 5.41 Å². The SMILES string of the molecule is C=[n+]1ccc(=C2C=c3ccoc3=C[N-]2)cc1-c1cc(C(C)(C)C)c2ccccc2c1. The van der Waals surface area contributed by atoms with Gasteiger partial charge in [-0.1, -0.05) is 51.1 Å². The lowest BCUT2D eigenvalue weighted by Gasteiger charge is -2.22. The fraction of sp³-hybridized carbons (Fsp3) is 0.148. The predicted molar refractivity (Wildman–Crippen MR) is 122 cm³/mol. The Bertz CT molecular complexity index is 1520. The van der Waals surface area contributed by atoms with Gasteiger partial charge in [0.25, 0.3) is 0 Å². The van der Waals surface area contributed by atoms with Crippen LogP contribution in [0.4, 0.5) is 0 Å². The molecular weight excluding hydrogens is 368 g/mol. The highest BCUT2D eigenvalue weighted by Gasteiger charge is 2.20. The van der Waals surface area contributed by atoms with Crippen molar-refractivity contribution in [3.8, 4) is 11.3 Å². The van der Waals surface area contributed by atoms with Gasteiger partial charge in [-0.15, -0.1) is 11.9 Å². The summed E-state index contributed by atoms with van der Waals surface area (Å²) in [6.07, 6.45) is 7.53. The molecule has 0 radical (unpaired) electrons. The summed E-state index contributed by atoms with van der Waals surface area (Å²) in [5.74, 6) is 0. The summed E-state index contributed by atoms with van der Waals surface area (Å²) in [6.45, 7) is 11.0. The van der Waals surface area contributed by atoms with Crippen LogP contribution in [0.25, 0.3) is 45.3 Å². The summed E-state index contributed by atoms with van der Waals surface area (Å²) in [7, 11) is 0. The number of fused-ring (bicyclic) bond motifs is 2. The standard InChI is InChI=1S/C27H24N2O/c1-27(2,3)23-14-21(13-18-7-5-6-8-22(18)23)25-16-19(9-11-29(25)4)24-15-20-10-12-30-26(20)17-28-24/h5-17H,4H2,1-3H3. The first-order valence-electron chi connectivity index (χ1n) is 10.1. The average molecular weight is 393 g/mol. The smallest absolute Gasteiger partial charge is 0.217 e. The van der Waals surface area contributed by atoms with Gasteiger partial charge in [0, 0.05) is 22.9 Å². The van der Waals surface area contributed by atoms with Crippen LogP contribution in [0, 0.1) is 6.72 Å². The predicted octanol–water partition coefficient (Wildman–Crippen LogP) is 4.04. The number of aromatic nitrogens is 1. The van der Waals surface area contributed by atoms with Crippen LogP contribution in [0.3, 0.4) is 0 Å².